The second-order valence-electron chi connectivity index (χ2n) is 5.68. The minimum atomic E-state index is -0.364. The number of carbonyl (C=O) groups excluding carboxylic acids is 1. The standard InChI is InChI=1S/C19H22BrNO3/c1-12-9-16(19(22)23-4)18(17(20)10-12)21-7-8-24-15-6-5-13(2)14(3)11-15/h5-6,9-11,21H,7-8H2,1-4H3. The van der Waals surface area contributed by atoms with Crippen LogP contribution in [-0.4, -0.2) is 26.2 Å². The second kappa shape index (κ2) is 8.20. The molecule has 128 valence electrons. The van der Waals surface area contributed by atoms with E-state index in [0.29, 0.717) is 18.7 Å². The average Bonchev–Trinajstić information content (AvgIpc) is 2.55. The van der Waals surface area contributed by atoms with Gasteiger partial charge in [0.05, 0.1) is 18.4 Å². The lowest BCUT2D eigenvalue weighted by atomic mass is 10.1. The molecule has 0 saturated heterocycles. The van der Waals surface area contributed by atoms with Gasteiger partial charge in [0, 0.05) is 11.0 Å². The number of hydrogen-bond acceptors (Lipinski definition) is 4. The Morgan fingerprint density at radius 3 is 2.54 bits per heavy atom. The summed E-state index contributed by atoms with van der Waals surface area (Å²) < 4.78 is 11.4. The molecule has 5 heteroatoms. The van der Waals surface area contributed by atoms with Crippen molar-refractivity contribution in [3.63, 3.8) is 0 Å². The molecule has 2 aromatic rings. The number of halogens is 1. The summed E-state index contributed by atoms with van der Waals surface area (Å²) in [4.78, 5) is 11.9. The van der Waals surface area contributed by atoms with Gasteiger partial charge in [0.1, 0.15) is 12.4 Å². The summed E-state index contributed by atoms with van der Waals surface area (Å²) in [6.07, 6.45) is 0. The quantitative estimate of drug-likeness (QED) is 0.574. The predicted octanol–water partition coefficient (Wildman–Crippen LogP) is 4.65. The zero-order valence-corrected chi connectivity index (χ0v) is 16.0. The number of carbonyl (C=O) groups is 1. The summed E-state index contributed by atoms with van der Waals surface area (Å²) in [6.45, 7) is 7.13. The van der Waals surface area contributed by atoms with E-state index in [1.165, 1.54) is 18.2 Å². The zero-order valence-electron chi connectivity index (χ0n) is 14.4. The van der Waals surface area contributed by atoms with E-state index < -0.39 is 0 Å². The minimum absolute atomic E-state index is 0.364. The third kappa shape index (κ3) is 4.51. The van der Waals surface area contributed by atoms with E-state index in [9.17, 15) is 4.79 Å². The van der Waals surface area contributed by atoms with E-state index >= 15 is 0 Å². The van der Waals surface area contributed by atoms with Gasteiger partial charge in [0.15, 0.2) is 0 Å². The maximum atomic E-state index is 11.9. The third-order valence-electron chi connectivity index (χ3n) is 3.79. The number of anilines is 1. The van der Waals surface area contributed by atoms with Crippen LogP contribution in [0.4, 0.5) is 5.69 Å². The molecule has 0 saturated carbocycles. The minimum Gasteiger partial charge on any atom is -0.492 e. The van der Waals surface area contributed by atoms with Gasteiger partial charge >= 0.3 is 5.97 Å². The molecule has 0 fully saturated rings. The molecule has 0 aromatic heterocycles. The Kier molecular flexibility index (Phi) is 6.26. The Balaban J connectivity index is 2.01. The van der Waals surface area contributed by atoms with Gasteiger partial charge in [-0.25, -0.2) is 4.79 Å². The van der Waals surface area contributed by atoms with Gasteiger partial charge in [0.2, 0.25) is 0 Å². The number of benzene rings is 2. The van der Waals surface area contributed by atoms with Gasteiger partial charge in [-0.3, -0.25) is 0 Å². The molecule has 0 spiro atoms. The number of nitrogens with one attached hydrogen (secondary N) is 1. The normalized spacial score (nSPS) is 10.4. The summed E-state index contributed by atoms with van der Waals surface area (Å²) in [5, 5.41) is 3.25. The van der Waals surface area contributed by atoms with E-state index in [4.69, 9.17) is 9.47 Å². The topological polar surface area (TPSA) is 47.6 Å². The number of esters is 1. The van der Waals surface area contributed by atoms with Crippen LogP contribution in [0.1, 0.15) is 27.0 Å². The monoisotopic (exact) mass is 391 g/mol. The van der Waals surface area contributed by atoms with E-state index in [2.05, 4.69) is 35.1 Å². The van der Waals surface area contributed by atoms with Crippen LogP contribution in [0.15, 0.2) is 34.8 Å². The first-order valence-corrected chi connectivity index (χ1v) is 8.54. The van der Waals surface area contributed by atoms with E-state index in [1.807, 2.05) is 37.3 Å². The van der Waals surface area contributed by atoms with E-state index in [0.717, 1.165) is 21.5 Å². The van der Waals surface area contributed by atoms with Crippen LogP contribution in [0.3, 0.4) is 0 Å². The van der Waals surface area contributed by atoms with Gasteiger partial charge in [-0.2, -0.15) is 0 Å². The Morgan fingerprint density at radius 1 is 1.12 bits per heavy atom. The molecule has 0 amide bonds. The summed E-state index contributed by atoms with van der Waals surface area (Å²) in [5.41, 5.74) is 4.66. The lowest BCUT2D eigenvalue weighted by molar-refractivity contribution is 0.0601. The van der Waals surface area contributed by atoms with Crippen molar-refractivity contribution >= 4 is 27.6 Å². The summed E-state index contributed by atoms with van der Waals surface area (Å²) in [5.74, 6) is 0.480. The largest absolute Gasteiger partial charge is 0.492 e. The lowest BCUT2D eigenvalue weighted by Crippen LogP contribution is -2.15. The molecule has 24 heavy (non-hydrogen) atoms. The molecule has 4 nitrogen and oxygen atoms in total. The maximum absolute atomic E-state index is 11.9. The van der Waals surface area contributed by atoms with Crippen LogP contribution < -0.4 is 10.1 Å². The van der Waals surface area contributed by atoms with Gasteiger partial charge in [-0.15, -0.1) is 0 Å². The fraction of sp³-hybridized carbons (Fsp3) is 0.316. The Hall–Kier alpha value is -2.01. The highest BCUT2D eigenvalue weighted by atomic mass is 79.9. The van der Waals surface area contributed by atoms with E-state index in [1.54, 1.807) is 0 Å². The van der Waals surface area contributed by atoms with Crippen LogP contribution in [-0.2, 0) is 4.74 Å². The van der Waals surface area contributed by atoms with Crippen LogP contribution in [0, 0.1) is 20.8 Å². The highest BCUT2D eigenvalue weighted by Gasteiger charge is 2.15. The van der Waals surface area contributed by atoms with Gasteiger partial charge in [-0.1, -0.05) is 6.07 Å². The molecular formula is C19H22BrNO3. The third-order valence-corrected chi connectivity index (χ3v) is 4.42. The van der Waals surface area contributed by atoms with Gasteiger partial charge in [0.25, 0.3) is 0 Å². The number of rotatable bonds is 6. The van der Waals surface area contributed by atoms with Crippen LogP contribution in [0.25, 0.3) is 0 Å². The molecule has 0 bridgehead atoms. The molecule has 0 unspecified atom stereocenters. The molecule has 0 aliphatic rings. The number of ether oxygens (including phenoxy) is 2. The SMILES string of the molecule is COC(=O)c1cc(C)cc(Br)c1NCCOc1ccc(C)c(C)c1. The molecule has 0 atom stereocenters. The zero-order chi connectivity index (χ0) is 17.7. The van der Waals surface area contributed by atoms with Crippen molar-refractivity contribution < 1.29 is 14.3 Å². The molecule has 0 aliphatic carbocycles. The van der Waals surface area contributed by atoms with Gasteiger partial charge < -0.3 is 14.8 Å². The van der Waals surface area contributed by atoms with Crippen molar-refractivity contribution in [1.29, 1.82) is 0 Å². The van der Waals surface area contributed by atoms with Crippen molar-refractivity contribution in [1.82, 2.24) is 0 Å². The molecular weight excluding hydrogens is 370 g/mol. The van der Waals surface area contributed by atoms with E-state index in [-0.39, 0.29) is 5.97 Å². The molecule has 0 heterocycles. The first-order valence-electron chi connectivity index (χ1n) is 7.74. The Labute approximate surface area is 151 Å². The van der Waals surface area contributed by atoms with Crippen LogP contribution in [0.5, 0.6) is 5.75 Å². The van der Waals surface area contributed by atoms with Crippen molar-refractivity contribution in [3.05, 3.63) is 57.1 Å². The number of aryl methyl sites for hydroxylation is 3. The predicted molar refractivity (Wildman–Crippen MR) is 100 cm³/mol. The molecule has 2 rings (SSSR count). The smallest absolute Gasteiger partial charge is 0.340 e. The first kappa shape index (κ1) is 18.3. The van der Waals surface area contributed by atoms with Crippen molar-refractivity contribution in [2.45, 2.75) is 20.8 Å². The second-order valence-corrected chi connectivity index (χ2v) is 6.54. The maximum Gasteiger partial charge on any atom is 0.340 e. The van der Waals surface area contributed by atoms with Crippen molar-refractivity contribution in [2.75, 3.05) is 25.6 Å². The molecule has 1 N–H and O–H groups in total. The summed E-state index contributed by atoms with van der Waals surface area (Å²) in [6, 6.07) is 9.80. The number of methoxy groups -OCH3 is 1. The average molecular weight is 392 g/mol. The summed E-state index contributed by atoms with van der Waals surface area (Å²) >= 11 is 3.50. The number of hydrogen-bond donors (Lipinski definition) is 1. The molecule has 0 aliphatic heterocycles. The molecule has 0 radical (unpaired) electrons. The fourth-order valence-corrected chi connectivity index (χ4v) is 3.06. The van der Waals surface area contributed by atoms with Crippen LogP contribution >= 0.6 is 15.9 Å². The van der Waals surface area contributed by atoms with Gasteiger partial charge in [-0.05, 0) is 77.7 Å². The van der Waals surface area contributed by atoms with Crippen molar-refractivity contribution in [2.24, 2.45) is 0 Å². The first-order chi connectivity index (χ1) is 11.4. The van der Waals surface area contributed by atoms with Crippen molar-refractivity contribution in [3.8, 4) is 5.75 Å². The Bertz CT molecular complexity index is 744. The summed E-state index contributed by atoms with van der Waals surface area (Å²) in [7, 11) is 1.38. The highest BCUT2D eigenvalue weighted by molar-refractivity contribution is 9.10. The lowest BCUT2D eigenvalue weighted by Gasteiger charge is -2.14. The molecule has 2 aromatic carbocycles. The Morgan fingerprint density at radius 2 is 1.88 bits per heavy atom. The van der Waals surface area contributed by atoms with Crippen LogP contribution in [0.2, 0.25) is 0 Å². The fourth-order valence-electron chi connectivity index (χ4n) is 2.34. The highest BCUT2D eigenvalue weighted by Crippen LogP contribution is 2.29.